The van der Waals surface area contributed by atoms with Gasteiger partial charge in [0.15, 0.2) is 0 Å². The third-order valence-corrected chi connectivity index (χ3v) is 4.47. The van der Waals surface area contributed by atoms with Crippen molar-refractivity contribution in [1.29, 1.82) is 0 Å². The number of hydrogen-bond donors (Lipinski definition) is 1. The van der Waals surface area contributed by atoms with Gasteiger partial charge in [-0.1, -0.05) is 0 Å². The number of carbonyl (C=O) groups is 1. The maximum Gasteiger partial charge on any atom is 0.410 e. The van der Waals surface area contributed by atoms with Crippen LogP contribution in [0.2, 0.25) is 0 Å². The Kier molecular flexibility index (Phi) is 3.83. The molecule has 0 radical (unpaired) electrons. The van der Waals surface area contributed by atoms with Crippen molar-refractivity contribution in [1.82, 2.24) is 4.90 Å². The van der Waals surface area contributed by atoms with Crippen LogP contribution < -0.4 is 0 Å². The van der Waals surface area contributed by atoms with Gasteiger partial charge in [-0.25, -0.2) is 4.79 Å². The largest absolute Gasteiger partial charge is 0.444 e. The molecule has 1 amide bonds. The smallest absolute Gasteiger partial charge is 0.410 e. The van der Waals surface area contributed by atoms with E-state index in [-0.39, 0.29) is 12.1 Å². The van der Waals surface area contributed by atoms with E-state index >= 15 is 0 Å². The summed E-state index contributed by atoms with van der Waals surface area (Å²) < 4.78 is 5.46. The highest BCUT2D eigenvalue weighted by molar-refractivity contribution is 5.68. The van der Waals surface area contributed by atoms with E-state index in [9.17, 15) is 4.79 Å². The molecule has 0 bridgehead atoms. The van der Waals surface area contributed by atoms with E-state index in [1.807, 2.05) is 25.7 Å². The van der Waals surface area contributed by atoms with Gasteiger partial charge in [0.05, 0.1) is 0 Å². The number of rotatable bonds is 1. The van der Waals surface area contributed by atoms with E-state index in [2.05, 4.69) is 6.92 Å². The third kappa shape index (κ3) is 3.22. The minimum atomic E-state index is -0.426. The Balaban J connectivity index is 1.89. The minimum Gasteiger partial charge on any atom is -0.444 e. The molecule has 1 N–H and O–H groups in total. The molecule has 4 nitrogen and oxygen atoms in total. The summed E-state index contributed by atoms with van der Waals surface area (Å²) in [4.78, 5) is 14.0. The summed E-state index contributed by atoms with van der Waals surface area (Å²) in [5.74, 6) is 0.486. The highest BCUT2D eigenvalue weighted by Crippen LogP contribution is 2.53. The van der Waals surface area contributed by atoms with Crippen molar-refractivity contribution in [3.8, 4) is 0 Å². The first kappa shape index (κ1) is 14.6. The van der Waals surface area contributed by atoms with Crippen LogP contribution in [0, 0.1) is 11.3 Å². The van der Waals surface area contributed by atoms with Crippen LogP contribution in [0.3, 0.4) is 0 Å². The molecule has 2 rings (SSSR count). The topological polar surface area (TPSA) is 49.8 Å². The maximum atomic E-state index is 12.1. The van der Waals surface area contributed by atoms with Crippen LogP contribution in [-0.4, -0.2) is 40.9 Å². The van der Waals surface area contributed by atoms with Gasteiger partial charge in [-0.2, -0.15) is 0 Å². The molecular weight excluding hydrogens is 242 g/mol. The van der Waals surface area contributed by atoms with Crippen molar-refractivity contribution >= 4 is 6.09 Å². The molecule has 1 unspecified atom stereocenters. The van der Waals surface area contributed by atoms with Gasteiger partial charge in [0, 0.05) is 19.2 Å². The summed E-state index contributed by atoms with van der Waals surface area (Å²) >= 11 is 0. The molecule has 1 aliphatic heterocycles. The van der Waals surface area contributed by atoms with Gasteiger partial charge >= 0.3 is 6.09 Å². The molecular formula is C15H27NO3. The number of carbonyl (C=O) groups excluding carboxylic acids is 1. The second-order valence-corrected chi connectivity index (χ2v) is 7.43. The van der Waals surface area contributed by atoms with Crippen LogP contribution in [0.1, 0.15) is 53.4 Å². The average molecular weight is 269 g/mol. The summed E-state index contributed by atoms with van der Waals surface area (Å²) in [7, 11) is 0. The molecule has 0 aromatic rings. The highest BCUT2D eigenvalue weighted by atomic mass is 16.6. The van der Waals surface area contributed by atoms with E-state index in [4.69, 9.17) is 9.84 Å². The van der Waals surface area contributed by atoms with E-state index in [0.717, 1.165) is 32.2 Å². The first-order chi connectivity index (χ1) is 8.75. The van der Waals surface area contributed by atoms with Crippen molar-refractivity contribution in [2.24, 2.45) is 11.3 Å². The molecule has 1 spiro atoms. The van der Waals surface area contributed by atoms with E-state index in [0.29, 0.717) is 17.9 Å². The second-order valence-electron chi connectivity index (χ2n) is 7.43. The lowest BCUT2D eigenvalue weighted by Crippen LogP contribution is -2.54. The zero-order chi connectivity index (χ0) is 14.3. The van der Waals surface area contributed by atoms with Crippen LogP contribution >= 0.6 is 0 Å². The van der Waals surface area contributed by atoms with Gasteiger partial charge in [-0.05, 0) is 64.7 Å². The SMILES string of the molecule is CC1CC2(CCN1C(=O)OC(C)(C)C)CC(CO)C2. The summed E-state index contributed by atoms with van der Waals surface area (Å²) in [6.07, 6.45) is 4.15. The Morgan fingerprint density at radius 3 is 2.47 bits per heavy atom. The number of aliphatic hydroxyl groups excluding tert-OH is 1. The molecule has 0 aromatic heterocycles. The molecule has 4 heteroatoms. The van der Waals surface area contributed by atoms with E-state index < -0.39 is 5.60 Å². The van der Waals surface area contributed by atoms with Gasteiger partial charge in [0.2, 0.25) is 0 Å². The Morgan fingerprint density at radius 1 is 1.37 bits per heavy atom. The molecule has 110 valence electrons. The maximum absolute atomic E-state index is 12.1. The van der Waals surface area contributed by atoms with Crippen LogP contribution in [0.25, 0.3) is 0 Å². The van der Waals surface area contributed by atoms with Crippen molar-refractivity contribution in [3.63, 3.8) is 0 Å². The van der Waals surface area contributed by atoms with Gasteiger partial charge in [-0.3, -0.25) is 0 Å². The number of piperidine rings is 1. The van der Waals surface area contributed by atoms with Gasteiger partial charge in [0.1, 0.15) is 5.60 Å². The monoisotopic (exact) mass is 269 g/mol. The molecule has 1 saturated carbocycles. The predicted molar refractivity (Wildman–Crippen MR) is 73.9 cm³/mol. The molecule has 1 atom stereocenters. The van der Waals surface area contributed by atoms with Crippen LogP contribution in [-0.2, 0) is 4.74 Å². The van der Waals surface area contributed by atoms with Crippen molar-refractivity contribution in [2.45, 2.75) is 65.0 Å². The van der Waals surface area contributed by atoms with Crippen LogP contribution in [0.15, 0.2) is 0 Å². The lowest BCUT2D eigenvalue weighted by Gasteiger charge is -2.54. The van der Waals surface area contributed by atoms with Crippen LogP contribution in [0.4, 0.5) is 4.79 Å². The molecule has 2 aliphatic rings. The number of hydrogen-bond acceptors (Lipinski definition) is 3. The van der Waals surface area contributed by atoms with E-state index in [1.165, 1.54) is 0 Å². The van der Waals surface area contributed by atoms with Crippen molar-refractivity contribution in [2.75, 3.05) is 13.2 Å². The quantitative estimate of drug-likeness (QED) is 0.796. The predicted octanol–water partition coefficient (Wildman–Crippen LogP) is 2.79. The Labute approximate surface area is 116 Å². The molecule has 0 aromatic carbocycles. The van der Waals surface area contributed by atoms with Crippen molar-refractivity contribution < 1.29 is 14.6 Å². The fourth-order valence-corrected chi connectivity index (χ4v) is 3.67. The third-order valence-electron chi connectivity index (χ3n) is 4.47. The summed E-state index contributed by atoms with van der Waals surface area (Å²) in [5, 5.41) is 9.15. The minimum absolute atomic E-state index is 0.187. The zero-order valence-electron chi connectivity index (χ0n) is 12.6. The summed E-state index contributed by atoms with van der Waals surface area (Å²) in [5.41, 5.74) is -0.0459. The van der Waals surface area contributed by atoms with Crippen LogP contribution in [0.5, 0.6) is 0 Å². The first-order valence-corrected chi connectivity index (χ1v) is 7.35. The average Bonchev–Trinajstić information content (AvgIpc) is 2.22. The van der Waals surface area contributed by atoms with Gasteiger partial charge in [0.25, 0.3) is 0 Å². The number of ether oxygens (including phenoxy) is 1. The standard InChI is InChI=1S/C15H27NO3/c1-11-7-15(8-12(9-15)10-17)5-6-16(11)13(18)19-14(2,3)4/h11-12,17H,5-10H2,1-4H3. The fourth-order valence-electron chi connectivity index (χ4n) is 3.67. The number of nitrogens with zero attached hydrogens (tertiary/aromatic N) is 1. The lowest BCUT2D eigenvalue weighted by molar-refractivity contribution is -0.0585. The zero-order valence-corrected chi connectivity index (χ0v) is 12.6. The normalized spacial score (nSPS) is 35.1. The molecule has 1 heterocycles. The summed E-state index contributed by atoms with van der Waals surface area (Å²) in [6.45, 7) is 8.91. The lowest BCUT2D eigenvalue weighted by atomic mass is 9.56. The molecule has 19 heavy (non-hydrogen) atoms. The number of likely N-dealkylation sites (tertiary alicyclic amines) is 1. The first-order valence-electron chi connectivity index (χ1n) is 7.35. The Hall–Kier alpha value is -0.770. The highest BCUT2D eigenvalue weighted by Gasteiger charge is 2.48. The number of aliphatic hydroxyl groups is 1. The summed E-state index contributed by atoms with van der Waals surface area (Å²) in [6, 6.07) is 0.239. The Bertz CT molecular complexity index is 342. The van der Waals surface area contributed by atoms with Gasteiger partial charge < -0.3 is 14.7 Å². The molecule has 2 fully saturated rings. The fraction of sp³-hybridized carbons (Fsp3) is 0.933. The van der Waals surface area contributed by atoms with Crippen molar-refractivity contribution in [3.05, 3.63) is 0 Å². The molecule has 1 saturated heterocycles. The number of amides is 1. The second kappa shape index (κ2) is 4.97. The molecule has 1 aliphatic carbocycles. The Morgan fingerprint density at radius 2 is 2.00 bits per heavy atom. The van der Waals surface area contributed by atoms with E-state index in [1.54, 1.807) is 0 Å². The van der Waals surface area contributed by atoms with Gasteiger partial charge in [-0.15, -0.1) is 0 Å².